The number of nitriles is 1. The Morgan fingerprint density at radius 1 is 1.41 bits per heavy atom. The van der Waals surface area contributed by atoms with Gasteiger partial charge in [-0.05, 0) is 37.8 Å². The van der Waals surface area contributed by atoms with Gasteiger partial charge in [0.15, 0.2) is 0 Å². The number of aliphatic hydroxyl groups is 1. The summed E-state index contributed by atoms with van der Waals surface area (Å²) in [4.78, 5) is 6.62. The smallest absolute Gasteiger partial charge is 0.128 e. The molecule has 4 heteroatoms. The largest absolute Gasteiger partial charge is 0.396 e. The van der Waals surface area contributed by atoms with E-state index in [0.29, 0.717) is 11.6 Å². The summed E-state index contributed by atoms with van der Waals surface area (Å²) >= 11 is 0. The number of anilines is 1. The van der Waals surface area contributed by atoms with Gasteiger partial charge in [-0.3, -0.25) is 0 Å². The average molecular weight is 231 g/mol. The van der Waals surface area contributed by atoms with Crippen LogP contribution in [0.2, 0.25) is 0 Å². The maximum Gasteiger partial charge on any atom is 0.128 e. The van der Waals surface area contributed by atoms with Crippen LogP contribution in [0.5, 0.6) is 0 Å². The first kappa shape index (κ1) is 11.9. The van der Waals surface area contributed by atoms with Gasteiger partial charge in [0.05, 0.1) is 5.56 Å². The molecular formula is C13H17N3O. The molecule has 1 N–H and O–H groups in total. The Bertz CT molecular complexity index is 392. The highest BCUT2D eigenvalue weighted by atomic mass is 16.2. The van der Waals surface area contributed by atoms with Crippen LogP contribution >= 0.6 is 0 Å². The van der Waals surface area contributed by atoms with E-state index in [1.807, 2.05) is 12.1 Å². The van der Waals surface area contributed by atoms with Crippen LogP contribution in [0.3, 0.4) is 0 Å². The zero-order valence-corrected chi connectivity index (χ0v) is 9.84. The van der Waals surface area contributed by atoms with Crippen molar-refractivity contribution in [3.8, 4) is 6.07 Å². The Morgan fingerprint density at radius 2 is 2.24 bits per heavy atom. The molecule has 0 bridgehead atoms. The van der Waals surface area contributed by atoms with Gasteiger partial charge in [0.1, 0.15) is 11.9 Å². The molecule has 1 saturated carbocycles. The summed E-state index contributed by atoms with van der Waals surface area (Å²) in [5, 5.41) is 17.5. The molecule has 1 heterocycles. The van der Waals surface area contributed by atoms with Crippen molar-refractivity contribution < 1.29 is 5.11 Å². The van der Waals surface area contributed by atoms with Gasteiger partial charge in [0.25, 0.3) is 0 Å². The molecule has 17 heavy (non-hydrogen) atoms. The fourth-order valence-electron chi connectivity index (χ4n) is 1.89. The second-order valence-electron chi connectivity index (χ2n) is 4.37. The van der Waals surface area contributed by atoms with Crippen LogP contribution in [0.25, 0.3) is 0 Å². The van der Waals surface area contributed by atoms with Crippen LogP contribution in [-0.2, 0) is 0 Å². The van der Waals surface area contributed by atoms with Gasteiger partial charge in [-0.25, -0.2) is 4.98 Å². The molecule has 0 atom stereocenters. The second-order valence-corrected chi connectivity index (χ2v) is 4.37. The van der Waals surface area contributed by atoms with E-state index in [4.69, 9.17) is 10.4 Å². The fraction of sp³-hybridized carbons (Fsp3) is 0.538. The number of aromatic nitrogens is 1. The molecule has 0 unspecified atom stereocenters. The summed E-state index contributed by atoms with van der Waals surface area (Å²) in [5.41, 5.74) is 0.597. The second kappa shape index (κ2) is 5.65. The minimum absolute atomic E-state index is 0.249. The molecule has 0 aromatic carbocycles. The van der Waals surface area contributed by atoms with Crippen molar-refractivity contribution >= 4 is 5.82 Å². The van der Waals surface area contributed by atoms with Gasteiger partial charge < -0.3 is 10.0 Å². The number of aliphatic hydroxyl groups excluding tert-OH is 1. The first-order valence-electron chi connectivity index (χ1n) is 6.09. The van der Waals surface area contributed by atoms with E-state index in [1.54, 1.807) is 6.20 Å². The predicted octanol–water partition coefficient (Wildman–Crippen LogP) is 1.69. The Balaban J connectivity index is 2.01. The fourth-order valence-corrected chi connectivity index (χ4v) is 1.89. The van der Waals surface area contributed by atoms with Gasteiger partial charge in [-0.1, -0.05) is 0 Å². The molecule has 1 fully saturated rings. The normalized spacial score (nSPS) is 14.4. The summed E-state index contributed by atoms with van der Waals surface area (Å²) < 4.78 is 0. The van der Waals surface area contributed by atoms with Crippen LogP contribution in [0.15, 0.2) is 18.3 Å². The molecule has 0 aliphatic heterocycles. The van der Waals surface area contributed by atoms with Crippen LogP contribution in [-0.4, -0.2) is 29.3 Å². The number of hydrogen-bond donors (Lipinski definition) is 1. The molecule has 2 rings (SSSR count). The number of rotatable bonds is 6. The molecule has 1 aromatic rings. The van der Waals surface area contributed by atoms with Crippen molar-refractivity contribution in [2.75, 3.05) is 18.1 Å². The zero-order chi connectivity index (χ0) is 12.1. The van der Waals surface area contributed by atoms with E-state index in [9.17, 15) is 0 Å². The van der Waals surface area contributed by atoms with Gasteiger partial charge in [0, 0.05) is 25.4 Å². The number of pyridine rings is 1. The van der Waals surface area contributed by atoms with E-state index in [1.165, 1.54) is 12.8 Å². The number of nitrogens with zero attached hydrogens (tertiary/aromatic N) is 3. The van der Waals surface area contributed by atoms with E-state index in [2.05, 4.69) is 16.0 Å². The van der Waals surface area contributed by atoms with Crippen LogP contribution < -0.4 is 4.90 Å². The highest BCUT2D eigenvalue weighted by Crippen LogP contribution is 2.30. The summed E-state index contributed by atoms with van der Waals surface area (Å²) in [6.07, 6.45) is 5.88. The molecule has 0 amide bonds. The van der Waals surface area contributed by atoms with E-state index in [0.717, 1.165) is 25.2 Å². The monoisotopic (exact) mass is 231 g/mol. The molecule has 1 aliphatic rings. The third-order valence-corrected chi connectivity index (χ3v) is 2.97. The average Bonchev–Trinajstić information content (AvgIpc) is 3.19. The Kier molecular flexibility index (Phi) is 3.94. The van der Waals surface area contributed by atoms with Crippen LogP contribution in [0.1, 0.15) is 31.2 Å². The molecule has 0 saturated heterocycles. The maximum absolute atomic E-state index is 8.80. The van der Waals surface area contributed by atoms with Crippen molar-refractivity contribution in [3.63, 3.8) is 0 Å². The van der Waals surface area contributed by atoms with E-state index >= 15 is 0 Å². The summed E-state index contributed by atoms with van der Waals surface area (Å²) in [7, 11) is 0. The molecule has 0 spiro atoms. The summed E-state index contributed by atoms with van der Waals surface area (Å²) in [5.74, 6) is 0.949. The standard InChI is InChI=1S/C13H17N3O/c14-9-11-3-6-13(15-10-11)16(12-4-5-12)7-1-2-8-17/h3,6,10,12,17H,1-2,4-5,7-8H2. The minimum Gasteiger partial charge on any atom is -0.396 e. The first-order chi connectivity index (χ1) is 8.35. The van der Waals surface area contributed by atoms with Gasteiger partial charge in [0.2, 0.25) is 0 Å². The summed E-state index contributed by atoms with van der Waals surface area (Å²) in [6.45, 7) is 1.18. The topological polar surface area (TPSA) is 60.2 Å². The van der Waals surface area contributed by atoms with Crippen molar-refractivity contribution in [2.24, 2.45) is 0 Å². The predicted molar refractivity (Wildman–Crippen MR) is 65.6 cm³/mol. The third kappa shape index (κ3) is 3.18. The lowest BCUT2D eigenvalue weighted by molar-refractivity contribution is 0.285. The van der Waals surface area contributed by atoms with Gasteiger partial charge in [-0.15, -0.1) is 0 Å². The van der Waals surface area contributed by atoms with Gasteiger partial charge >= 0.3 is 0 Å². The molecule has 1 aliphatic carbocycles. The molecule has 90 valence electrons. The van der Waals surface area contributed by atoms with Crippen molar-refractivity contribution in [2.45, 2.75) is 31.7 Å². The lowest BCUT2D eigenvalue weighted by Gasteiger charge is -2.23. The number of unbranched alkanes of at least 4 members (excludes halogenated alkanes) is 1. The Morgan fingerprint density at radius 3 is 2.76 bits per heavy atom. The molecule has 1 aromatic heterocycles. The molecule has 0 radical (unpaired) electrons. The quantitative estimate of drug-likeness (QED) is 0.757. The minimum atomic E-state index is 0.249. The van der Waals surface area contributed by atoms with Crippen molar-refractivity contribution in [1.82, 2.24) is 4.98 Å². The summed E-state index contributed by atoms with van der Waals surface area (Å²) in [6, 6.07) is 6.40. The highest BCUT2D eigenvalue weighted by Gasteiger charge is 2.29. The molecular weight excluding hydrogens is 214 g/mol. The Hall–Kier alpha value is -1.60. The third-order valence-electron chi connectivity index (χ3n) is 2.97. The Labute approximate surface area is 102 Å². The van der Waals surface area contributed by atoms with E-state index in [-0.39, 0.29) is 6.61 Å². The SMILES string of the molecule is N#Cc1ccc(N(CCCCO)C2CC2)nc1. The highest BCUT2D eigenvalue weighted by molar-refractivity contribution is 5.44. The van der Waals surface area contributed by atoms with Crippen LogP contribution in [0.4, 0.5) is 5.82 Å². The van der Waals surface area contributed by atoms with E-state index < -0.39 is 0 Å². The first-order valence-corrected chi connectivity index (χ1v) is 6.09. The van der Waals surface area contributed by atoms with Crippen LogP contribution in [0, 0.1) is 11.3 Å². The lowest BCUT2D eigenvalue weighted by Crippen LogP contribution is -2.27. The maximum atomic E-state index is 8.80. The zero-order valence-electron chi connectivity index (χ0n) is 9.84. The van der Waals surface area contributed by atoms with Gasteiger partial charge in [-0.2, -0.15) is 5.26 Å². The lowest BCUT2D eigenvalue weighted by atomic mass is 10.2. The van der Waals surface area contributed by atoms with Crippen molar-refractivity contribution in [3.05, 3.63) is 23.9 Å². The van der Waals surface area contributed by atoms with Crippen molar-refractivity contribution in [1.29, 1.82) is 5.26 Å². The number of hydrogen-bond acceptors (Lipinski definition) is 4. The molecule has 4 nitrogen and oxygen atoms in total.